The molecule has 30 heavy (non-hydrogen) atoms. The second-order valence-corrected chi connectivity index (χ2v) is 6.88. The number of ether oxygens (including phenoxy) is 1. The summed E-state index contributed by atoms with van der Waals surface area (Å²) in [7, 11) is 1.50. The van der Waals surface area contributed by atoms with Crippen molar-refractivity contribution in [2.45, 2.75) is 32.4 Å². The van der Waals surface area contributed by atoms with E-state index in [0.29, 0.717) is 23.5 Å². The van der Waals surface area contributed by atoms with E-state index in [1.165, 1.54) is 24.1 Å². The van der Waals surface area contributed by atoms with Crippen LogP contribution in [0.15, 0.2) is 48.5 Å². The number of alkyl halides is 3. The number of halogens is 3. The van der Waals surface area contributed by atoms with Crippen molar-refractivity contribution in [3.05, 3.63) is 59.7 Å². The first-order chi connectivity index (χ1) is 14.2. The van der Waals surface area contributed by atoms with Gasteiger partial charge < -0.3 is 15.0 Å². The average Bonchev–Trinajstić information content (AvgIpc) is 2.71. The molecule has 0 radical (unpaired) electrons. The number of anilines is 1. The standard InChI is InChI=1S/C22H25F3N2O3/c1-4-27(14-20(28)26-18-7-5-6-8-19(18)30-3)21(29)13-15(2)16-9-11-17(12-10-16)22(23,24)25/h5-12,15H,4,13-14H2,1-3H3,(H,26,28). The zero-order valence-corrected chi connectivity index (χ0v) is 17.1. The lowest BCUT2D eigenvalue weighted by atomic mass is 9.96. The Morgan fingerprint density at radius 1 is 1.10 bits per heavy atom. The quantitative estimate of drug-likeness (QED) is 0.671. The van der Waals surface area contributed by atoms with Crippen LogP contribution in [0, 0.1) is 0 Å². The summed E-state index contributed by atoms with van der Waals surface area (Å²) in [5.41, 5.74) is 0.408. The summed E-state index contributed by atoms with van der Waals surface area (Å²) in [5.74, 6) is -0.390. The third-order valence-corrected chi connectivity index (χ3v) is 4.74. The molecule has 5 nitrogen and oxygen atoms in total. The van der Waals surface area contributed by atoms with Gasteiger partial charge in [0.25, 0.3) is 0 Å². The third kappa shape index (κ3) is 6.23. The van der Waals surface area contributed by atoms with Gasteiger partial charge in [0.2, 0.25) is 11.8 Å². The summed E-state index contributed by atoms with van der Waals surface area (Å²) in [6.45, 7) is 3.73. The Kier molecular flexibility index (Phi) is 7.86. The highest BCUT2D eigenvalue weighted by molar-refractivity contribution is 5.95. The predicted molar refractivity (Wildman–Crippen MR) is 108 cm³/mol. The number of amides is 2. The predicted octanol–water partition coefficient (Wildman–Crippen LogP) is 4.69. The molecule has 0 spiro atoms. The molecule has 0 saturated carbocycles. The Morgan fingerprint density at radius 2 is 1.73 bits per heavy atom. The van der Waals surface area contributed by atoms with E-state index in [2.05, 4.69) is 5.32 Å². The van der Waals surface area contributed by atoms with Crippen molar-refractivity contribution >= 4 is 17.5 Å². The molecule has 0 aliphatic rings. The van der Waals surface area contributed by atoms with Gasteiger partial charge >= 0.3 is 6.18 Å². The van der Waals surface area contributed by atoms with Crippen LogP contribution in [0.25, 0.3) is 0 Å². The molecule has 8 heteroatoms. The van der Waals surface area contributed by atoms with Crippen LogP contribution in [0.4, 0.5) is 18.9 Å². The monoisotopic (exact) mass is 422 g/mol. The van der Waals surface area contributed by atoms with Gasteiger partial charge in [-0.1, -0.05) is 31.2 Å². The first-order valence-corrected chi connectivity index (χ1v) is 9.53. The Balaban J connectivity index is 1.97. The number of likely N-dealkylation sites (N-methyl/N-ethyl adjacent to an activating group) is 1. The van der Waals surface area contributed by atoms with Gasteiger partial charge in [-0.2, -0.15) is 13.2 Å². The summed E-state index contributed by atoms with van der Waals surface area (Å²) in [4.78, 5) is 26.4. The largest absolute Gasteiger partial charge is 0.495 e. The molecule has 0 heterocycles. The minimum Gasteiger partial charge on any atom is -0.495 e. The molecule has 1 atom stereocenters. The highest BCUT2D eigenvalue weighted by Gasteiger charge is 2.30. The number of hydrogen-bond acceptors (Lipinski definition) is 3. The number of nitrogens with one attached hydrogen (secondary N) is 1. The minimum absolute atomic E-state index is 0.0845. The molecule has 2 aromatic rings. The zero-order valence-electron chi connectivity index (χ0n) is 17.1. The molecule has 2 aromatic carbocycles. The number of nitrogens with zero attached hydrogens (tertiary/aromatic N) is 1. The van der Waals surface area contributed by atoms with Crippen molar-refractivity contribution in [1.82, 2.24) is 4.90 Å². The molecule has 2 rings (SSSR count). The number of carbonyl (C=O) groups is 2. The lowest BCUT2D eigenvalue weighted by Gasteiger charge is -2.23. The molecule has 0 saturated heterocycles. The SMILES string of the molecule is CCN(CC(=O)Nc1ccccc1OC)C(=O)CC(C)c1ccc(C(F)(F)F)cc1. The minimum atomic E-state index is -4.40. The number of hydrogen-bond donors (Lipinski definition) is 1. The van der Waals surface area contributed by atoms with E-state index in [1.54, 1.807) is 38.1 Å². The second-order valence-electron chi connectivity index (χ2n) is 6.88. The topological polar surface area (TPSA) is 58.6 Å². The molecule has 0 aliphatic carbocycles. The molecule has 1 unspecified atom stereocenters. The second kappa shape index (κ2) is 10.1. The van der Waals surface area contributed by atoms with Gasteiger partial charge in [0, 0.05) is 13.0 Å². The molecule has 0 fully saturated rings. The summed E-state index contributed by atoms with van der Waals surface area (Å²) < 4.78 is 43.3. The number of rotatable bonds is 8. The van der Waals surface area contributed by atoms with E-state index >= 15 is 0 Å². The van der Waals surface area contributed by atoms with E-state index in [4.69, 9.17) is 4.74 Å². The van der Waals surface area contributed by atoms with Gasteiger partial charge in [0.05, 0.1) is 24.9 Å². The van der Waals surface area contributed by atoms with E-state index in [-0.39, 0.29) is 30.7 Å². The smallest absolute Gasteiger partial charge is 0.416 e. The fraction of sp³-hybridized carbons (Fsp3) is 0.364. The molecular formula is C22H25F3N2O3. The zero-order chi connectivity index (χ0) is 22.3. The highest BCUT2D eigenvalue weighted by atomic mass is 19.4. The molecule has 2 amide bonds. The van der Waals surface area contributed by atoms with E-state index in [0.717, 1.165) is 12.1 Å². The Labute approximate surface area is 173 Å². The summed E-state index contributed by atoms with van der Waals surface area (Å²) in [6.07, 6.45) is -4.31. The first-order valence-electron chi connectivity index (χ1n) is 9.53. The van der Waals surface area contributed by atoms with Gasteiger partial charge in [-0.05, 0) is 42.7 Å². The van der Waals surface area contributed by atoms with Crippen molar-refractivity contribution in [1.29, 1.82) is 0 Å². The maximum Gasteiger partial charge on any atom is 0.416 e. The lowest BCUT2D eigenvalue weighted by molar-refractivity contribution is -0.137. The van der Waals surface area contributed by atoms with Crippen LogP contribution in [0.5, 0.6) is 5.75 Å². The first kappa shape index (κ1) is 23.3. The molecule has 0 bridgehead atoms. The van der Waals surface area contributed by atoms with Crippen molar-refractivity contribution < 1.29 is 27.5 Å². The Morgan fingerprint density at radius 3 is 2.30 bits per heavy atom. The summed E-state index contributed by atoms with van der Waals surface area (Å²) in [6, 6.07) is 11.7. The number of benzene rings is 2. The molecule has 0 aromatic heterocycles. The van der Waals surface area contributed by atoms with Crippen LogP contribution < -0.4 is 10.1 Å². The Hall–Kier alpha value is -3.03. The highest BCUT2D eigenvalue weighted by Crippen LogP contribution is 2.30. The fourth-order valence-corrected chi connectivity index (χ4v) is 3.00. The van der Waals surface area contributed by atoms with Crippen molar-refractivity contribution in [2.24, 2.45) is 0 Å². The molecule has 1 N–H and O–H groups in total. The molecule has 0 aliphatic heterocycles. The van der Waals surface area contributed by atoms with Crippen LogP contribution in [-0.4, -0.2) is 36.9 Å². The van der Waals surface area contributed by atoms with E-state index in [1.807, 2.05) is 0 Å². The number of methoxy groups -OCH3 is 1. The van der Waals surface area contributed by atoms with Crippen molar-refractivity contribution in [2.75, 3.05) is 25.5 Å². The normalized spacial score (nSPS) is 12.2. The van der Waals surface area contributed by atoms with Gasteiger partial charge in [-0.15, -0.1) is 0 Å². The van der Waals surface area contributed by atoms with Crippen LogP contribution in [0.1, 0.15) is 37.3 Å². The summed E-state index contributed by atoms with van der Waals surface area (Å²) >= 11 is 0. The van der Waals surface area contributed by atoms with Gasteiger partial charge in [-0.25, -0.2) is 0 Å². The van der Waals surface area contributed by atoms with Crippen molar-refractivity contribution in [3.8, 4) is 5.75 Å². The molecular weight excluding hydrogens is 397 g/mol. The van der Waals surface area contributed by atoms with E-state index < -0.39 is 11.7 Å². The van der Waals surface area contributed by atoms with E-state index in [9.17, 15) is 22.8 Å². The number of carbonyl (C=O) groups excluding carboxylic acids is 2. The van der Waals surface area contributed by atoms with Crippen LogP contribution in [0.2, 0.25) is 0 Å². The average molecular weight is 422 g/mol. The maximum atomic E-state index is 12.7. The Bertz CT molecular complexity index is 867. The maximum absolute atomic E-state index is 12.7. The van der Waals surface area contributed by atoms with Gasteiger partial charge in [0.15, 0.2) is 0 Å². The van der Waals surface area contributed by atoms with Crippen LogP contribution >= 0.6 is 0 Å². The van der Waals surface area contributed by atoms with Crippen LogP contribution in [-0.2, 0) is 15.8 Å². The lowest BCUT2D eigenvalue weighted by Crippen LogP contribution is -2.38. The van der Waals surface area contributed by atoms with Gasteiger partial charge in [0.1, 0.15) is 5.75 Å². The van der Waals surface area contributed by atoms with Crippen LogP contribution in [0.3, 0.4) is 0 Å². The van der Waals surface area contributed by atoms with Crippen molar-refractivity contribution in [3.63, 3.8) is 0 Å². The fourth-order valence-electron chi connectivity index (χ4n) is 3.00. The molecule has 162 valence electrons. The van der Waals surface area contributed by atoms with Gasteiger partial charge in [-0.3, -0.25) is 9.59 Å². The third-order valence-electron chi connectivity index (χ3n) is 4.74. The summed E-state index contributed by atoms with van der Waals surface area (Å²) in [5, 5.41) is 2.72. The number of para-hydroxylation sites is 2.